The Morgan fingerprint density at radius 2 is 1.89 bits per heavy atom. The van der Waals surface area contributed by atoms with Crippen LogP contribution in [0, 0.1) is 11.2 Å². The van der Waals surface area contributed by atoms with Crippen LogP contribution in [0.5, 0.6) is 0 Å². The summed E-state index contributed by atoms with van der Waals surface area (Å²) >= 11 is 0. The van der Waals surface area contributed by atoms with Crippen LogP contribution in [-0.4, -0.2) is 23.9 Å². The van der Waals surface area contributed by atoms with Crippen molar-refractivity contribution in [2.24, 2.45) is 5.41 Å². The van der Waals surface area contributed by atoms with Crippen LogP contribution in [0.15, 0.2) is 24.3 Å². The highest BCUT2D eigenvalue weighted by molar-refractivity contribution is 5.78. The van der Waals surface area contributed by atoms with Gasteiger partial charge in [0.05, 0.1) is 6.42 Å². The van der Waals surface area contributed by atoms with Crippen LogP contribution in [0.2, 0.25) is 0 Å². The summed E-state index contributed by atoms with van der Waals surface area (Å²) in [6.07, 6.45) is 2.22. The molecule has 1 heterocycles. The summed E-state index contributed by atoms with van der Waals surface area (Å²) in [6.45, 7) is 6.04. The molecule has 0 radical (unpaired) electrons. The summed E-state index contributed by atoms with van der Waals surface area (Å²) in [5, 5.41) is 0. The molecule has 1 saturated heterocycles. The maximum absolute atomic E-state index is 13.5. The van der Waals surface area contributed by atoms with E-state index in [0.29, 0.717) is 11.0 Å². The molecule has 1 aromatic carbocycles. The van der Waals surface area contributed by atoms with Crippen molar-refractivity contribution in [2.75, 3.05) is 13.1 Å². The van der Waals surface area contributed by atoms with E-state index in [1.165, 1.54) is 6.07 Å². The molecule has 2 nitrogen and oxygen atoms in total. The Hall–Kier alpha value is -1.38. The SMILES string of the molecule is CC1(C)CCN(C(=O)Cc2ccccc2F)CC1. The zero-order valence-corrected chi connectivity index (χ0v) is 11.1. The van der Waals surface area contributed by atoms with Crippen LogP contribution >= 0.6 is 0 Å². The second kappa shape index (κ2) is 5.09. The molecule has 1 aliphatic rings. The molecule has 18 heavy (non-hydrogen) atoms. The number of hydrogen-bond acceptors (Lipinski definition) is 1. The number of hydrogen-bond donors (Lipinski definition) is 0. The molecule has 0 N–H and O–H groups in total. The van der Waals surface area contributed by atoms with Gasteiger partial charge < -0.3 is 4.90 Å². The molecule has 0 spiro atoms. The summed E-state index contributed by atoms with van der Waals surface area (Å²) in [4.78, 5) is 13.9. The van der Waals surface area contributed by atoms with Gasteiger partial charge in [0.15, 0.2) is 0 Å². The minimum atomic E-state index is -0.289. The predicted molar refractivity (Wildman–Crippen MR) is 69.7 cm³/mol. The second-order valence-electron chi connectivity index (χ2n) is 5.81. The average molecular weight is 249 g/mol. The van der Waals surface area contributed by atoms with Crippen LogP contribution in [0.3, 0.4) is 0 Å². The molecule has 0 bridgehead atoms. The molecule has 3 heteroatoms. The largest absolute Gasteiger partial charge is 0.342 e. The Kier molecular flexibility index (Phi) is 3.69. The molecule has 1 aliphatic heterocycles. The van der Waals surface area contributed by atoms with E-state index < -0.39 is 0 Å². The van der Waals surface area contributed by atoms with Gasteiger partial charge in [-0.25, -0.2) is 4.39 Å². The van der Waals surface area contributed by atoms with Crippen molar-refractivity contribution in [1.82, 2.24) is 4.90 Å². The smallest absolute Gasteiger partial charge is 0.227 e. The summed E-state index contributed by atoms with van der Waals surface area (Å²) in [5.41, 5.74) is 0.821. The molecule has 0 aliphatic carbocycles. The quantitative estimate of drug-likeness (QED) is 0.789. The molecule has 1 aromatic rings. The van der Waals surface area contributed by atoms with Gasteiger partial charge in [0.25, 0.3) is 0 Å². The van der Waals surface area contributed by atoms with Crippen molar-refractivity contribution < 1.29 is 9.18 Å². The van der Waals surface area contributed by atoms with E-state index in [2.05, 4.69) is 13.8 Å². The van der Waals surface area contributed by atoms with Gasteiger partial charge in [-0.3, -0.25) is 4.79 Å². The lowest BCUT2D eigenvalue weighted by molar-refractivity contribution is -0.132. The molecule has 98 valence electrons. The number of likely N-dealkylation sites (tertiary alicyclic amines) is 1. The lowest BCUT2D eigenvalue weighted by Crippen LogP contribution is -2.41. The fourth-order valence-electron chi connectivity index (χ4n) is 2.28. The Morgan fingerprint density at radius 3 is 2.50 bits per heavy atom. The monoisotopic (exact) mass is 249 g/mol. The van der Waals surface area contributed by atoms with Crippen LogP contribution in [0.1, 0.15) is 32.3 Å². The van der Waals surface area contributed by atoms with Gasteiger partial charge in [0.2, 0.25) is 5.91 Å². The number of carbonyl (C=O) groups is 1. The molecule has 0 saturated carbocycles. The number of nitrogens with zero attached hydrogens (tertiary/aromatic N) is 1. The van der Waals surface area contributed by atoms with Gasteiger partial charge in [-0.2, -0.15) is 0 Å². The summed E-state index contributed by atoms with van der Waals surface area (Å²) in [7, 11) is 0. The third-order valence-corrected chi connectivity index (χ3v) is 3.77. The minimum absolute atomic E-state index is 0.0376. The van der Waals surface area contributed by atoms with Gasteiger partial charge in [0, 0.05) is 13.1 Å². The number of rotatable bonds is 2. The lowest BCUT2D eigenvalue weighted by atomic mass is 9.82. The first kappa shape index (κ1) is 13.1. The van der Waals surface area contributed by atoms with Crippen molar-refractivity contribution in [3.05, 3.63) is 35.6 Å². The van der Waals surface area contributed by atoms with Gasteiger partial charge in [-0.05, 0) is 29.9 Å². The van der Waals surface area contributed by atoms with Gasteiger partial charge in [0.1, 0.15) is 5.82 Å². The Morgan fingerprint density at radius 1 is 1.28 bits per heavy atom. The highest BCUT2D eigenvalue weighted by Gasteiger charge is 2.27. The van der Waals surface area contributed by atoms with Crippen molar-refractivity contribution in [3.8, 4) is 0 Å². The first-order chi connectivity index (χ1) is 8.48. The Labute approximate surface area is 108 Å². The third-order valence-electron chi connectivity index (χ3n) is 3.77. The number of piperidine rings is 1. The highest BCUT2D eigenvalue weighted by Crippen LogP contribution is 2.29. The van der Waals surface area contributed by atoms with E-state index in [1.807, 2.05) is 4.90 Å². The number of amides is 1. The highest BCUT2D eigenvalue weighted by atomic mass is 19.1. The Balaban J connectivity index is 1.95. The molecule has 1 amide bonds. The second-order valence-corrected chi connectivity index (χ2v) is 5.81. The molecular formula is C15H20FNO. The predicted octanol–water partition coefficient (Wildman–Crippen LogP) is 3.02. The van der Waals surface area contributed by atoms with E-state index in [1.54, 1.807) is 18.2 Å². The topological polar surface area (TPSA) is 20.3 Å². The van der Waals surface area contributed by atoms with Crippen molar-refractivity contribution >= 4 is 5.91 Å². The van der Waals surface area contributed by atoms with Crippen molar-refractivity contribution in [2.45, 2.75) is 33.1 Å². The zero-order valence-electron chi connectivity index (χ0n) is 11.1. The summed E-state index contributed by atoms with van der Waals surface area (Å²) < 4.78 is 13.5. The van der Waals surface area contributed by atoms with Gasteiger partial charge in [-0.1, -0.05) is 32.0 Å². The van der Waals surface area contributed by atoms with Crippen molar-refractivity contribution in [1.29, 1.82) is 0 Å². The van der Waals surface area contributed by atoms with E-state index >= 15 is 0 Å². The van der Waals surface area contributed by atoms with E-state index in [-0.39, 0.29) is 18.1 Å². The number of carbonyl (C=O) groups excluding carboxylic acids is 1. The fraction of sp³-hybridized carbons (Fsp3) is 0.533. The Bertz CT molecular complexity index is 432. The summed E-state index contributed by atoms with van der Waals surface area (Å²) in [6, 6.07) is 6.50. The molecule has 1 fully saturated rings. The molecular weight excluding hydrogens is 229 g/mol. The van der Waals surface area contributed by atoms with E-state index in [0.717, 1.165) is 25.9 Å². The normalized spacial score (nSPS) is 18.7. The number of benzene rings is 1. The van der Waals surface area contributed by atoms with Gasteiger partial charge in [-0.15, -0.1) is 0 Å². The molecule has 0 unspecified atom stereocenters. The van der Waals surface area contributed by atoms with Crippen LogP contribution in [0.25, 0.3) is 0 Å². The standard InChI is InChI=1S/C15H20FNO/c1-15(2)7-9-17(10-8-15)14(18)11-12-5-3-4-6-13(12)16/h3-6H,7-11H2,1-2H3. The maximum Gasteiger partial charge on any atom is 0.227 e. The zero-order chi connectivity index (χ0) is 13.2. The molecule has 2 rings (SSSR count). The first-order valence-corrected chi connectivity index (χ1v) is 6.49. The number of halogens is 1. The third kappa shape index (κ3) is 3.09. The van der Waals surface area contributed by atoms with E-state index in [9.17, 15) is 9.18 Å². The minimum Gasteiger partial charge on any atom is -0.342 e. The molecule has 0 atom stereocenters. The van der Waals surface area contributed by atoms with Gasteiger partial charge >= 0.3 is 0 Å². The fourth-order valence-corrected chi connectivity index (χ4v) is 2.28. The summed E-state index contributed by atoms with van der Waals surface area (Å²) in [5.74, 6) is -0.251. The van der Waals surface area contributed by atoms with Crippen LogP contribution < -0.4 is 0 Å². The molecule has 0 aromatic heterocycles. The van der Waals surface area contributed by atoms with Crippen molar-refractivity contribution in [3.63, 3.8) is 0 Å². The first-order valence-electron chi connectivity index (χ1n) is 6.49. The van der Waals surface area contributed by atoms with Crippen LogP contribution in [-0.2, 0) is 11.2 Å². The average Bonchev–Trinajstić information content (AvgIpc) is 2.32. The van der Waals surface area contributed by atoms with Crippen LogP contribution in [0.4, 0.5) is 4.39 Å². The maximum atomic E-state index is 13.5. The lowest BCUT2D eigenvalue weighted by Gasteiger charge is -2.37. The van der Waals surface area contributed by atoms with E-state index in [4.69, 9.17) is 0 Å².